The molecule has 1 unspecified atom stereocenters. The molecule has 0 amide bonds. The van der Waals surface area contributed by atoms with E-state index in [-0.39, 0.29) is 5.41 Å². The van der Waals surface area contributed by atoms with Crippen molar-refractivity contribution in [2.45, 2.75) is 66.7 Å². The number of carboxylic acids is 1. The van der Waals surface area contributed by atoms with Crippen LogP contribution in [0.4, 0.5) is 0 Å². The first-order chi connectivity index (χ1) is 6.74. The topological polar surface area (TPSA) is 37.3 Å². The highest BCUT2D eigenvalue weighted by atomic mass is 16.4. The van der Waals surface area contributed by atoms with Crippen molar-refractivity contribution in [3.05, 3.63) is 0 Å². The van der Waals surface area contributed by atoms with Gasteiger partial charge in [0.15, 0.2) is 0 Å². The highest BCUT2D eigenvalue weighted by molar-refractivity contribution is 5.66. The van der Waals surface area contributed by atoms with E-state index in [1.165, 1.54) is 0 Å². The van der Waals surface area contributed by atoms with Gasteiger partial charge in [0.05, 0.1) is 0 Å². The van der Waals surface area contributed by atoms with E-state index in [1.807, 2.05) is 0 Å². The summed E-state index contributed by atoms with van der Waals surface area (Å²) in [5.41, 5.74) is 0.501. The second-order valence-corrected chi connectivity index (χ2v) is 5.75. The van der Waals surface area contributed by atoms with Crippen LogP contribution in [0.1, 0.15) is 66.7 Å². The standard InChI is InChI=1S/C13H26O2/c1-6-12(3,4)10-13(5,7-2)9-8-11(14)15/h6-10H2,1-5H3,(H,14,15). The number of carbonyl (C=O) groups is 1. The first-order valence-electron chi connectivity index (χ1n) is 5.96. The van der Waals surface area contributed by atoms with Gasteiger partial charge in [0.25, 0.3) is 0 Å². The van der Waals surface area contributed by atoms with Crippen molar-refractivity contribution in [3.63, 3.8) is 0 Å². The van der Waals surface area contributed by atoms with Gasteiger partial charge >= 0.3 is 5.97 Å². The molecule has 0 fully saturated rings. The van der Waals surface area contributed by atoms with E-state index >= 15 is 0 Å². The average molecular weight is 214 g/mol. The van der Waals surface area contributed by atoms with Crippen molar-refractivity contribution in [1.29, 1.82) is 0 Å². The summed E-state index contributed by atoms with van der Waals surface area (Å²) in [5.74, 6) is -0.677. The molecular formula is C13H26O2. The molecule has 0 aliphatic carbocycles. The molecule has 0 aliphatic heterocycles. The van der Waals surface area contributed by atoms with Crippen molar-refractivity contribution >= 4 is 5.97 Å². The number of hydrogen-bond donors (Lipinski definition) is 1. The summed E-state index contributed by atoms with van der Waals surface area (Å²) in [4.78, 5) is 10.6. The SMILES string of the molecule is CCC(C)(C)CC(C)(CC)CCC(=O)O. The maximum atomic E-state index is 10.6. The van der Waals surface area contributed by atoms with Gasteiger partial charge in [-0.3, -0.25) is 4.79 Å². The summed E-state index contributed by atoms with van der Waals surface area (Å²) in [6, 6.07) is 0. The highest BCUT2D eigenvalue weighted by Crippen LogP contribution is 2.41. The van der Waals surface area contributed by atoms with E-state index in [2.05, 4.69) is 34.6 Å². The van der Waals surface area contributed by atoms with Crippen LogP contribution in [-0.2, 0) is 4.79 Å². The molecule has 0 saturated heterocycles. The number of rotatable bonds is 7. The van der Waals surface area contributed by atoms with E-state index in [9.17, 15) is 4.79 Å². The summed E-state index contributed by atoms with van der Waals surface area (Å²) < 4.78 is 0. The van der Waals surface area contributed by atoms with Gasteiger partial charge in [0.1, 0.15) is 0 Å². The Morgan fingerprint density at radius 2 is 1.67 bits per heavy atom. The molecule has 2 heteroatoms. The van der Waals surface area contributed by atoms with Gasteiger partial charge in [-0.2, -0.15) is 0 Å². The molecule has 0 aromatic heterocycles. The lowest BCUT2D eigenvalue weighted by atomic mass is 9.69. The molecule has 0 radical (unpaired) electrons. The van der Waals surface area contributed by atoms with Crippen LogP contribution >= 0.6 is 0 Å². The van der Waals surface area contributed by atoms with Crippen LogP contribution in [0.2, 0.25) is 0 Å². The number of hydrogen-bond acceptors (Lipinski definition) is 1. The summed E-state index contributed by atoms with van der Waals surface area (Å²) in [6.07, 6.45) is 4.41. The van der Waals surface area contributed by atoms with Gasteiger partial charge in [-0.25, -0.2) is 0 Å². The first-order valence-corrected chi connectivity index (χ1v) is 5.96. The molecular weight excluding hydrogens is 188 g/mol. The third kappa shape index (κ3) is 5.81. The normalized spacial score (nSPS) is 16.1. The van der Waals surface area contributed by atoms with Crippen LogP contribution in [-0.4, -0.2) is 11.1 Å². The van der Waals surface area contributed by atoms with Crippen molar-refractivity contribution in [3.8, 4) is 0 Å². The quantitative estimate of drug-likeness (QED) is 0.693. The highest BCUT2D eigenvalue weighted by Gasteiger charge is 2.30. The van der Waals surface area contributed by atoms with Gasteiger partial charge in [-0.05, 0) is 23.7 Å². The third-order valence-corrected chi connectivity index (χ3v) is 3.66. The Kier molecular flexibility index (Phi) is 5.33. The summed E-state index contributed by atoms with van der Waals surface area (Å²) in [7, 11) is 0. The lowest BCUT2D eigenvalue weighted by molar-refractivity contribution is -0.137. The summed E-state index contributed by atoms with van der Waals surface area (Å²) in [5, 5.41) is 8.73. The fraction of sp³-hybridized carbons (Fsp3) is 0.923. The Morgan fingerprint density at radius 1 is 1.13 bits per heavy atom. The molecule has 1 atom stereocenters. The Labute approximate surface area is 94.1 Å². The molecule has 0 aromatic carbocycles. The molecule has 0 spiro atoms. The third-order valence-electron chi connectivity index (χ3n) is 3.66. The molecule has 0 aliphatic rings. The number of aliphatic carboxylic acids is 1. The van der Waals surface area contributed by atoms with Gasteiger partial charge in [0.2, 0.25) is 0 Å². The Morgan fingerprint density at radius 3 is 2.00 bits per heavy atom. The Bertz CT molecular complexity index is 209. The van der Waals surface area contributed by atoms with E-state index in [0.717, 1.165) is 25.7 Å². The molecule has 0 bridgehead atoms. The van der Waals surface area contributed by atoms with E-state index < -0.39 is 5.97 Å². The van der Waals surface area contributed by atoms with Gasteiger partial charge < -0.3 is 5.11 Å². The van der Waals surface area contributed by atoms with Crippen LogP contribution in [0.25, 0.3) is 0 Å². The van der Waals surface area contributed by atoms with Crippen LogP contribution in [0.15, 0.2) is 0 Å². The largest absolute Gasteiger partial charge is 0.481 e. The van der Waals surface area contributed by atoms with E-state index in [4.69, 9.17) is 5.11 Å². The van der Waals surface area contributed by atoms with Crippen molar-refractivity contribution < 1.29 is 9.90 Å². The van der Waals surface area contributed by atoms with Crippen LogP contribution in [0.3, 0.4) is 0 Å². The van der Waals surface area contributed by atoms with E-state index in [1.54, 1.807) is 0 Å². The minimum absolute atomic E-state index is 0.178. The first kappa shape index (κ1) is 14.5. The molecule has 90 valence electrons. The van der Waals surface area contributed by atoms with Gasteiger partial charge in [-0.1, -0.05) is 47.5 Å². The fourth-order valence-corrected chi connectivity index (χ4v) is 2.08. The molecule has 2 nitrogen and oxygen atoms in total. The minimum atomic E-state index is -0.677. The average Bonchev–Trinajstić information content (AvgIpc) is 2.14. The van der Waals surface area contributed by atoms with Crippen molar-refractivity contribution in [2.24, 2.45) is 10.8 Å². The van der Waals surface area contributed by atoms with Crippen molar-refractivity contribution in [2.75, 3.05) is 0 Å². The zero-order valence-corrected chi connectivity index (χ0v) is 10.9. The van der Waals surface area contributed by atoms with Crippen LogP contribution in [0, 0.1) is 10.8 Å². The fourth-order valence-electron chi connectivity index (χ4n) is 2.08. The van der Waals surface area contributed by atoms with E-state index in [0.29, 0.717) is 11.8 Å². The second-order valence-electron chi connectivity index (χ2n) is 5.75. The van der Waals surface area contributed by atoms with Crippen molar-refractivity contribution in [1.82, 2.24) is 0 Å². The van der Waals surface area contributed by atoms with Crippen LogP contribution < -0.4 is 0 Å². The zero-order chi connectivity index (χ0) is 12.1. The molecule has 1 N–H and O–H groups in total. The Balaban J connectivity index is 4.36. The lowest BCUT2D eigenvalue weighted by Crippen LogP contribution is -2.25. The molecule has 0 aromatic rings. The molecule has 0 heterocycles. The summed E-state index contributed by atoms with van der Waals surface area (Å²) >= 11 is 0. The monoisotopic (exact) mass is 214 g/mol. The molecule has 0 saturated carbocycles. The lowest BCUT2D eigenvalue weighted by Gasteiger charge is -2.36. The predicted molar refractivity (Wildman–Crippen MR) is 64.0 cm³/mol. The number of carboxylic acid groups (broad SMARTS) is 1. The van der Waals surface area contributed by atoms with Gasteiger partial charge in [0, 0.05) is 6.42 Å². The minimum Gasteiger partial charge on any atom is -0.481 e. The Hall–Kier alpha value is -0.530. The maximum absolute atomic E-state index is 10.6. The smallest absolute Gasteiger partial charge is 0.303 e. The van der Waals surface area contributed by atoms with Crippen LogP contribution in [0.5, 0.6) is 0 Å². The zero-order valence-electron chi connectivity index (χ0n) is 10.9. The van der Waals surface area contributed by atoms with Gasteiger partial charge in [-0.15, -0.1) is 0 Å². The summed E-state index contributed by atoms with van der Waals surface area (Å²) in [6.45, 7) is 11.1. The second kappa shape index (κ2) is 5.53. The predicted octanol–water partition coefficient (Wildman–Crippen LogP) is 4.09. The molecule has 0 rings (SSSR count). The maximum Gasteiger partial charge on any atom is 0.303 e. The molecule has 15 heavy (non-hydrogen) atoms.